The van der Waals surface area contributed by atoms with Crippen LogP contribution in [0.4, 0.5) is 29.3 Å². The standard InChI is InChI=1S/C36H38ClF3N10O7/c1-35(2,3)57-34(54)48-15-13-47(14-16-48)32(52)21-9-11-46(12-10-21)33(53)24-7-5-22(17-26(24)37)43-31(51)30-42-19-27(45(30)4)25-20-49(44-29(25)36(38,39)40)28-8-6-23(18-41-28)50(55)56/h5-8,17-21H,9-16H2,1-4H3,(H,43,51). The number of ether oxygens (including phenoxy) is 1. The Balaban J connectivity index is 1.06. The molecule has 0 bridgehead atoms. The van der Waals surface area contributed by atoms with Gasteiger partial charge in [-0.1, -0.05) is 11.6 Å². The van der Waals surface area contributed by atoms with Gasteiger partial charge in [0.1, 0.15) is 11.8 Å². The van der Waals surface area contributed by atoms with E-state index < -0.39 is 40.0 Å². The maximum Gasteiger partial charge on any atom is 0.435 e. The number of anilines is 1. The molecule has 1 N–H and O–H groups in total. The van der Waals surface area contributed by atoms with Crippen molar-refractivity contribution < 1.29 is 42.0 Å². The second-order valence-corrected chi connectivity index (χ2v) is 14.9. The van der Waals surface area contributed by atoms with Crippen molar-refractivity contribution in [2.45, 2.75) is 45.4 Å². The Morgan fingerprint density at radius 1 is 0.930 bits per heavy atom. The molecule has 0 aliphatic carbocycles. The number of hydrogen-bond acceptors (Lipinski definition) is 10. The van der Waals surface area contributed by atoms with Gasteiger partial charge in [0, 0.05) is 70.2 Å². The molecule has 0 saturated carbocycles. The zero-order chi connectivity index (χ0) is 41.4. The lowest BCUT2D eigenvalue weighted by atomic mass is 9.94. The number of benzene rings is 1. The minimum absolute atomic E-state index is 0.0145. The van der Waals surface area contributed by atoms with E-state index in [1.807, 2.05) is 0 Å². The Morgan fingerprint density at radius 3 is 2.18 bits per heavy atom. The summed E-state index contributed by atoms with van der Waals surface area (Å²) >= 11 is 6.50. The zero-order valence-corrected chi connectivity index (χ0v) is 32.0. The topological polar surface area (TPSA) is 191 Å². The first-order valence-corrected chi connectivity index (χ1v) is 18.1. The fraction of sp³-hybridized carbons (Fsp3) is 0.417. The Morgan fingerprint density at radius 2 is 1.60 bits per heavy atom. The van der Waals surface area contributed by atoms with Crippen LogP contribution in [-0.4, -0.2) is 113 Å². The highest BCUT2D eigenvalue weighted by Crippen LogP contribution is 2.37. The molecule has 2 aliphatic heterocycles. The second kappa shape index (κ2) is 15.8. The molecule has 2 aliphatic rings. The number of rotatable bonds is 7. The van der Waals surface area contributed by atoms with Crippen molar-refractivity contribution in [1.29, 1.82) is 0 Å². The van der Waals surface area contributed by atoms with Crippen molar-refractivity contribution in [2.75, 3.05) is 44.6 Å². The Hall–Kier alpha value is -6.05. The molecule has 4 aromatic rings. The van der Waals surface area contributed by atoms with Crippen LogP contribution in [0.15, 0.2) is 48.9 Å². The molecular formula is C36H38ClF3N10O7. The predicted octanol–water partition coefficient (Wildman–Crippen LogP) is 5.43. The number of hydrogen-bond donors (Lipinski definition) is 1. The number of imidazole rings is 1. The summed E-state index contributed by atoms with van der Waals surface area (Å²) in [5.74, 6) is -1.79. The van der Waals surface area contributed by atoms with Crippen LogP contribution in [0, 0.1) is 16.0 Å². The van der Waals surface area contributed by atoms with E-state index in [9.17, 15) is 42.5 Å². The van der Waals surface area contributed by atoms with E-state index >= 15 is 0 Å². The van der Waals surface area contributed by atoms with Gasteiger partial charge in [-0.15, -0.1) is 0 Å². The first kappa shape index (κ1) is 40.6. The van der Waals surface area contributed by atoms with Gasteiger partial charge < -0.3 is 29.3 Å². The quantitative estimate of drug-likeness (QED) is 0.186. The van der Waals surface area contributed by atoms with E-state index in [2.05, 4.69) is 20.4 Å². The fourth-order valence-electron chi connectivity index (χ4n) is 6.53. The third-order valence-corrected chi connectivity index (χ3v) is 9.77. The summed E-state index contributed by atoms with van der Waals surface area (Å²) in [5, 5.41) is 17.2. The molecule has 0 unspecified atom stereocenters. The number of nitro groups is 1. The number of halogens is 4. The van der Waals surface area contributed by atoms with Gasteiger partial charge in [0.05, 0.1) is 33.0 Å². The molecular weight excluding hydrogens is 777 g/mol. The minimum Gasteiger partial charge on any atom is -0.444 e. The van der Waals surface area contributed by atoms with Gasteiger partial charge >= 0.3 is 12.3 Å². The normalized spacial score (nSPS) is 15.4. The van der Waals surface area contributed by atoms with Gasteiger partial charge in [0.2, 0.25) is 5.91 Å². The van der Waals surface area contributed by atoms with E-state index in [1.54, 1.807) is 35.5 Å². The van der Waals surface area contributed by atoms with Gasteiger partial charge in [-0.05, 0) is 57.9 Å². The molecule has 1 aromatic carbocycles. The second-order valence-electron chi connectivity index (χ2n) is 14.5. The zero-order valence-electron chi connectivity index (χ0n) is 31.2. The lowest BCUT2D eigenvalue weighted by Crippen LogP contribution is -2.53. The molecule has 6 rings (SSSR count). The molecule has 302 valence electrons. The average Bonchev–Trinajstić information content (AvgIpc) is 3.78. The maximum absolute atomic E-state index is 14.1. The minimum atomic E-state index is -4.92. The lowest BCUT2D eigenvalue weighted by molar-refractivity contribution is -0.385. The Kier molecular flexibility index (Phi) is 11.3. The Bertz CT molecular complexity index is 2200. The van der Waals surface area contributed by atoms with Gasteiger partial charge in [-0.25, -0.2) is 19.4 Å². The number of nitrogens with one attached hydrogen (secondary N) is 1. The van der Waals surface area contributed by atoms with E-state index in [0.29, 0.717) is 52.1 Å². The average molecular weight is 815 g/mol. The fourth-order valence-corrected chi connectivity index (χ4v) is 6.79. The van der Waals surface area contributed by atoms with Crippen molar-refractivity contribution in [1.82, 2.24) is 39.0 Å². The molecule has 0 atom stereocenters. The summed E-state index contributed by atoms with van der Waals surface area (Å²) in [6.07, 6.45) is -1.43. The number of likely N-dealkylation sites (tertiary alicyclic amines) is 1. The van der Waals surface area contributed by atoms with Gasteiger partial charge in [0.15, 0.2) is 17.3 Å². The van der Waals surface area contributed by atoms with Crippen LogP contribution >= 0.6 is 11.6 Å². The predicted molar refractivity (Wildman–Crippen MR) is 198 cm³/mol. The molecule has 3 aromatic heterocycles. The number of amides is 4. The largest absolute Gasteiger partial charge is 0.444 e. The lowest BCUT2D eigenvalue weighted by Gasteiger charge is -2.38. The van der Waals surface area contributed by atoms with Crippen molar-refractivity contribution in [3.63, 3.8) is 0 Å². The van der Waals surface area contributed by atoms with Gasteiger partial charge in [-0.2, -0.15) is 18.3 Å². The van der Waals surface area contributed by atoms with Crippen LogP contribution in [0.25, 0.3) is 17.1 Å². The molecule has 2 fully saturated rings. The molecule has 2 saturated heterocycles. The van der Waals surface area contributed by atoms with Crippen molar-refractivity contribution >= 4 is 46.8 Å². The molecule has 0 radical (unpaired) electrons. The van der Waals surface area contributed by atoms with Crippen LogP contribution in [0.1, 0.15) is 60.3 Å². The number of carbonyl (C=O) groups excluding carboxylic acids is 4. The number of carbonyl (C=O) groups is 4. The molecule has 17 nitrogen and oxygen atoms in total. The monoisotopic (exact) mass is 814 g/mol. The number of aromatic nitrogens is 5. The van der Waals surface area contributed by atoms with Crippen LogP contribution in [0.5, 0.6) is 0 Å². The summed E-state index contributed by atoms with van der Waals surface area (Å²) in [5.41, 5.74) is -2.43. The van der Waals surface area contributed by atoms with Crippen molar-refractivity contribution in [3.05, 3.63) is 81.1 Å². The number of nitrogens with zero attached hydrogens (tertiary/aromatic N) is 9. The van der Waals surface area contributed by atoms with Crippen LogP contribution in [0.3, 0.4) is 0 Å². The maximum atomic E-state index is 14.1. The Labute approximate surface area is 328 Å². The highest BCUT2D eigenvalue weighted by molar-refractivity contribution is 6.34. The molecule has 57 heavy (non-hydrogen) atoms. The van der Waals surface area contributed by atoms with Crippen LogP contribution < -0.4 is 5.32 Å². The van der Waals surface area contributed by atoms with E-state index in [1.165, 1.54) is 25.2 Å². The number of piperidine rings is 1. The molecule has 0 spiro atoms. The molecule has 4 amide bonds. The number of piperazine rings is 1. The van der Waals surface area contributed by atoms with Crippen molar-refractivity contribution in [2.24, 2.45) is 13.0 Å². The third kappa shape index (κ3) is 9.00. The highest BCUT2D eigenvalue weighted by Gasteiger charge is 2.39. The van der Waals surface area contributed by atoms with E-state index in [0.717, 1.165) is 40.0 Å². The van der Waals surface area contributed by atoms with Gasteiger partial charge in [0.25, 0.3) is 17.5 Å². The van der Waals surface area contributed by atoms with Gasteiger partial charge in [-0.3, -0.25) is 24.5 Å². The number of pyridine rings is 1. The van der Waals surface area contributed by atoms with Crippen LogP contribution in [0.2, 0.25) is 5.02 Å². The summed E-state index contributed by atoms with van der Waals surface area (Å²) in [4.78, 5) is 75.5. The molecule has 21 heteroatoms. The first-order valence-electron chi connectivity index (χ1n) is 17.8. The summed E-state index contributed by atoms with van der Waals surface area (Å²) in [6.45, 7) is 7.56. The van der Waals surface area contributed by atoms with E-state index in [4.69, 9.17) is 16.3 Å². The summed E-state index contributed by atoms with van der Waals surface area (Å²) in [7, 11) is 1.34. The van der Waals surface area contributed by atoms with Crippen LogP contribution in [-0.2, 0) is 22.8 Å². The van der Waals surface area contributed by atoms with E-state index in [-0.39, 0.29) is 57.0 Å². The third-order valence-electron chi connectivity index (χ3n) is 9.46. The highest BCUT2D eigenvalue weighted by atomic mass is 35.5. The summed E-state index contributed by atoms with van der Waals surface area (Å²) < 4.78 is 49.7. The first-order chi connectivity index (χ1) is 26.8. The smallest absolute Gasteiger partial charge is 0.435 e. The number of alkyl halides is 3. The molecule has 5 heterocycles. The SMILES string of the molecule is Cn1c(-c2cn(-c3ccc([N+](=O)[O-])cn3)nc2C(F)(F)F)cnc1C(=O)Nc1ccc(C(=O)N2CCC(C(=O)N3CCN(C(=O)OC(C)(C)C)CC3)CC2)c(Cl)c1. The summed E-state index contributed by atoms with van der Waals surface area (Å²) in [6, 6.07) is 6.49. The van der Waals surface area contributed by atoms with Crippen molar-refractivity contribution in [3.8, 4) is 17.1 Å².